The van der Waals surface area contributed by atoms with Crippen molar-refractivity contribution in [2.24, 2.45) is 0 Å². The molecule has 0 radical (unpaired) electrons. The Morgan fingerprint density at radius 2 is 1.74 bits per heavy atom. The Balaban J connectivity index is 2.73. The third kappa shape index (κ3) is 4.77. The Morgan fingerprint density at radius 3 is 2.16 bits per heavy atom. The lowest BCUT2D eigenvalue weighted by Gasteiger charge is -2.16. The Kier molecular flexibility index (Phi) is 4.75. The summed E-state index contributed by atoms with van der Waals surface area (Å²) in [6.07, 6.45) is -2.84. The van der Waals surface area contributed by atoms with Crippen LogP contribution in [0.5, 0.6) is 0 Å². The maximum absolute atomic E-state index is 12.4. The van der Waals surface area contributed by atoms with Crippen molar-refractivity contribution in [3.63, 3.8) is 0 Å². The van der Waals surface area contributed by atoms with Crippen LogP contribution in [0.15, 0.2) is 35.9 Å². The highest BCUT2D eigenvalue weighted by Crippen LogP contribution is 2.29. The average molecular weight is 271 g/mol. The van der Waals surface area contributed by atoms with Gasteiger partial charge >= 0.3 is 6.18 Å². The van der Waals surface area contributed by atoms with Crippen LogP contribution in [0.2, 0.25) is 0 Å². The number of benzene rings is 1. The molecular formula is C14H16F3NO. The van der Waals surface area contributed by atoms with E-state index in [-0.39, 0.29) is 12.5 Å². The fraction of sp³-hybridized carbons (Fsp3) is 0.357. The number of amides is 1. The Labute approximate surface area is 110 Å². The first-order valence-corrected chi connectivity index (χ1v) is 5.76. The van der Waals surface area contributed by atoms with E-state index >= 15 is 0 Å². The molecule has 0 aliphatic carbocycles. The van der Waals surface area contributed by atoms with Gasteiger partial charge in [-0.3, -0.25) is 4.79 Å². The summed E-state index contributed by atoms with van der Waals surface area (Å²) < 4.78 is 37.1. The quantitative estimate of drug-likeness (QED) is 0.769. The highest BCUT2D eigenvalue weighted by Gasteiger charge is 2.29. The van der Waals surface area contributed by atoms with Gasteiger partial charge in [0, 0.05) is 19.7 Å². The molecule has 1 aromatic carbocycles. The van der Waals surface area contributed by atoms with Crippen LogP contribution in [0.4, 0.5) is 13.2 Å². The second-order valence-corrected chi connectivity index (χ2v) is 4.61. The minimum atomic E-state index is -4.33. The number of halogens is 3. The van der Waals surface area contributed by atoms with Gasteiger partial charge in [-0.05, 0) is 31.5 Å². The van der Waals surface area contributed by atoms with Crippen LogP contribution >= 0.6 is 0 Å². The summed E-state index contributed by atoms with van der Waals surface area (Å²) in [6.45, 7) is 3.90. The zero-order valence-electron chi connectivity index (χ0n) is 11.1. The first-order chi connectivity index (χ1) is 8.70. The number of hydrogen-bond donors (Lipinski definition) is 0. The van der Waals surface area contributed by atoms with Gasteiger partial charge in [0.1, 0.15) is 0 Å². The highest BCUT2D eigenvalue weighted by atomic mass is 19.4. The van der Waals surface area contributed by atoms with Gasteiger partial charge in [0.15, 0.2) is 0 Å². The van der Waals surface area contributed by atoms with Crippen LogP contribution in [0.25, 0.3) is 0 Å². The summed E-state index contributed by atoms with van der Waals surface area (Å²) in [5, 5.41) is 0. The van der Waals surface area contributed by atoms with Gasteiger partial charge in [0.05, 0.1) is 5.56 Å². The van der Waals surface area contributed by atoms with Crippen LogP contribution in [0, 0.1) is 0 Å². The molecule has 0 atom stereocenters. The second-order valence-electron chi connectivity index (χ2n) is 4.61. The molecule has 19 heavy (non-hydrogen) atoms. The first kappa shape index (κ1) is 15.3. The molecule has 0 aliphatic rings. The van der Waals surface area contributed by atoms with Crippen molar-refractivity contribution < 1.29 is 18.0 Å². The molecule has 0 aromatic heterocycles. The molecule has 2 nitrogen and oxygen atoms in total. The van der Waals surface area contributed by atoms with Crippen molar-refractivity contribution in [3.8, 4) is 0 Å². The van der Waals surface area contributed by atoms with E-state index in [1.165, 1.54) is 23.1 Å². The summed E-state index contributed by atoms with van der Waals surface area (Å²) in [5.41, 5.74) is 0.852. The van der Waals surface area contributed by atoms with Crippen molar-refractivity contribution >= 4 is 5.91 Å². The Bertz CT molecular complexity index is 470. The van der Waals surface area contributed by atoms with Crippen LogP contribution in [0.1, 0.15) is 25.0 Å². The van der Waals surface area contributed by atoms with Gasteiger partial charge in [0.2, 0.25) is 5.91 Å². The third-order valence-electron chi connectivity index (χ3n) is 2.49. The van der Waals surface area contributed by atoms with Crippen molar-refractivity contribution in [2.75, 3.05) is 7.05 Å². The molecule has 0 fully saturated rings. The Hall–Kier alpha value is -1.78. The SMILES string of the molecule is CC(C)=CC(=O)N(C)Cc1ccc(C(F)(F)F)cc1. The molecule has 104 valence electrons. The fourth-order valence-electron chi connectivity index (χ4n) is 1.51. The minimum Gasteiger partial charge on any atom is -0.338 e. The van der Waals surface area contributed by atoms with E-state index < -0.39 is 11.7 Å². The third-order valence-corrected chi connectivity index (χ3v) is 2.49. The molecule has 0 saturated carbocycles. The zero-order valence-corrected chi connectivity index (χ0v) is 11.1. The van der Waals surface area contributed by atoms with Crippen LogP contribution < -0.4 is 0 Å². The summed E-state index contributed by atoms with van der Waals surface area (Å²) in [6, 6.07) is 4.81. The van der Waals surface area contributed by atoms with E-state index in [0.29, 0.717) is 5.56 Å². The highest BCUT2D eigenvalue weighted by molar-refractivity contribution is 5.87. The van der Waals surface area contributed by atoms with Crippen molar-refractivity contribution in [3.05, 3.63) is 47.0 Å². The number of likely N-dealkylation sites (N-methyl/N-ethyl adjacent to an activating group) is 1. The predicted molar refractivity (Wildman–Crippen MR) is 67.3 cm³/mol. The molecule has 0 spiro atoms. The van der Waals surface area contributed by atoms with Gasteiger partial charge in [-0.15, -0.1) is 0 Å². The molecule has 0 aliphatic heterocycles. The normalized spacial score (nSPS) is 11.1. The van der Waals surface area contributed by atoms with E-state index in [9.17, 15) is 18.0 Å². The summed E-state index contributed by atoms with van der Waals surface area (Å²) in [4.78, 5) is 13.1. The zero-order chi connectivity index (χ0) is 14.6. The lowest BCUT2D eigenvalue weighted by Crippen LogP contribution is -2.24. The molecule has 1 amide bonds. The molecule has 5 heteroatoms. The van der Waals surface area contributed by atoms with Crippen LogP contribution in [0.3, 0.4) is 0 Å². The number of rotatable bonds is 3. The van der Waals surface area contributed by atoms with Crippen LogP contribution in [-0.2, 0) is 17.5 Å². The molecule has 0 unspecified atom stereocenters. The summed E-state index contributed by atoms with van der Waals surface area (Å²) >= 11 is 0. The Morgan fingerprint density at radius 1 is 1.21 bits per heavy atom. The monoisotopic (exact) mass is 271 g/mol. The topological polar surface area (TPSA) is 20.3 Å². The number of nitrogens with zero attached hydrogens (tertiary/aromatic N) is 1. The van der Waals surface area contributed by atoms with Crippen molar-refractivity contribution in [1.82, 2.24) is 4.90 Å². The molecule has 1 aromatic rings. The lowest BCUT2D eigenvalue weighted by molar-refractivity contribution is -0.137. The van der Waals surface area contributed by atoms with E-state index in [1.54, 1.807) is 7.05 Å². The van der Waals surface area contributed by atoms with E-state index in [0.717, 1.165) is 17.7 Å². The summed E-state index contributed by atoms with van der Waals surface area (Å²) in [7, 11) is 1.61. The lowest BCUT2D eigenvalue weighted by atomic mass is 10.1. The largest absolute Gasteiger partial charge is 0.416 e. The smallest absolute Gasteiger partial charge is 0.338 e. The maximum Gasteiger partial charge on any atom is 0.416 e. The first-order valence-electron chi connectivity index (χ1n) is 5.76. The fourth-order valence-corrected chi connectivity index (χ4v) is 1.51. The van der Waals surface area contributed by atoms with E-state index in [1.807, 2.05) is 13.8 Å². The molecule has 0 saturated heterocycles. The van der Waals surface area contributed by atoms with Gasteiger partial charge in [-0.25, -0.2) is 0 Å². The number of allylic oxidation sites excluding steroid dienone is 1. The molecular weight excluding hydrogens is 255 g/mol. The standard InChI is InChI=1S/C14H16F3NO/c1-10(2)8-13(19)18(3)9-11-4-6-12(7-5-11)14(15,16)17/h4-8H,9H2,1-3H3. The number of hydrogen-bond acceptors (Lipinski definition) is 1. The van der Waals surface area contributed by atoms with Crippen molar-refractivity contribution in [1.29, 1.82) is 0 Å². The van der Waals surface area contributed by atoms with Crippen LogP contribution in [-0.4, -0.2) is 17.9 Å². The summed E-state index contributed by atoms with van der Waals surface area (Å²) in [5.74, 6) is -0.167. The number of carbonyl (C=O) groups excluding carboxylic acids is 1. The molecule has 0 heterocycles. The van der Waals surface area contributed by atoms with E-state index in [2.05, 4.69) is 0 Å². The average Bonchev–Trinajstić information content (AvgIpc) is 2.27. The molecule has 0 N–H and O–H groups in total. The van der Waals surface area contributed by atoms with Gasteiger partial charge in [-0.1, -0.05) is 17.7 Å². The number of carbonyl (C=O) groups is 1. The van der Waals surface area contributed by atoms with E-state index in [4.69, 9.17) is 0 Å². The van der Waals surface area contributed by atoms with Gasteiger partial charge in [0.25, 0.3) is 0 Å². The van der Waals surface area contributed by atoms with Crippen molar-refractivity contribution in [2.45, 2.75) is 26.6 Å². The maximum atomic E-state index is 12.4. The second kappa shape index (κ2) is 5.91. The number of alkyl halides is 3. The molecule has 0 bridgehead atoms. The van der Waals surface area contributed by atoms with Gasteiger partial charge < -0.3 is 4.90 Å². The predicted octanol–water partition coefficient (Wildman–Crippen LogP) is 3.63. The van der Waals surface area contributed by atoms with Gasteiger partial charge in [-0.2, -0.15) is 13.2 Å². The minimum absolute atomic E-state index is 0.167. The molecule has 1 rings (SSSR count).